The highest BCUT2D eigenvalue weighted by molar-refractivity contribution is 5.93. The van der Waals surface area contributed by atoms with E-state index in [1.807, 2.05) is 25.2 Å². The van der Waals surface area contributed by atoms with Gasteiger partial charge in [0.05, 0.1) is 6.10 Å². The zero-order valence-electron chi connectivity index (χ0n) is 10.2. The largest absolute Gasteiger partial charge is 0.387 e. The number of carbonyl (C=O) groups excluding carboxylic acids is 1. The van der Waals surface area contributed by atoms with Crippen LogP contribution in [0.25, 0.3) is 0 Å². The predicted octanol–water partition coefficient (Wildman–Crippen LogP) is 0.848. The summed E-state index contributed by atoms with van der Waals surface area (Å²) in [5, 5.41) is 12.8. The Bertz CT molecular complexity index is 431. The second kappa shape index (κ2) is 4.85. The van der Waals surface area contributed by atoms with Gasteiger partial charge in [-0.25, -0.2) is 0 Å². The molecule has 17 heavy (non-hydrogen) atoms. The monoisotopic (exact) mass is 234 g/mol. The van der Waals surface area contributed by atoms with Gasteiger partial charge in [0.15, 0.2) is 0 Å². The number of amides is 1. The highest BCUT2D eigenvalue weighted by atomic mass is 16.3. The van der Waals surface area contributed by atoms with Crippen molar-refractivity contribution in [2.75, 3.05) is 25.0 Å². The molecule has 0 radical (unpaired) electrons. The minimum absolute atomic E-state index is 0.0762. The molecular weight excluding hydrogens is 216 g/mol. The normalized spacial score (nSPS) is 15.8. The molecule has 1 amide bonds. The van der Waals surface area contributed by atoms with Crippen molar-refractivity contribution in [3.8, 4) is 0 Å². The Kier molecular flexibility index (Phi) is 3.45. The molecule has 1 heterocycles. The van der Waals surface area contributed by atoms with Crippen LogP contribution in [0, 0.1) is 0 Å². The summed E-state index contributed by atoms with van der Waals surface area (Å²) < 4.78 is 0. The van der Waals surface area contributed by atoms with Gasteiger partial charge in [0.25, 0.3) is 0 Å². The molecule has 0 saturated carbocycles. The van der Waals surface area contributed by atoms with Crippen LogP contribution in [0.3, 0.4) is 0 Å². The van der Waals surface area contributed by atoms with Crippen molar-refractivity contribution in [1.29, 1.82) is 0 Å². The number of nitrogens with zero attached hydrogens (tertiary/aromatic N) is 1. The molecule has 4 heteroatoms. The van der Waals surface area contributed by atoms with E-state index in [0.717, 1.165) is 29.8 Å². The molecule has 1 aromatic carbocycles. The third-order valence-corrected chi connectivity index (χ3v) is 3.16. The van der Waals surface area contributed by atoms with Gasteiger partial charge >= 0.3 is 0 Å². The topological polar surface area (TPSA) is 52.6 Å². The smallest absolute Gasteiger partial charge is 0.223 e. The van der Waals surface area contributed by atoms with Crippen molar-refractivity contribution in [3.63, 3.8) is 0 Å². The minimum atomic E-state index is -0.489. The third kappa shape index (κ3) is 2.33. The highest BCUT2D eigenvalue weighted by Gasteiger charge is 2.22. The molecule has 1 atom stereocenters. The fourth-order valence-electron chi connectivity index (χ4n) is 2.27. The Morgan fingerprint density at radius 3 is 3.00 bits per heavy atom. The van der Waals surface area contributed by atoms with E-state index in [9.17, 15) is 9.90 Å². The summed E-state index contributed by atoms with van der Waals surface area (Å²) in [5.41, 5.74) is 3.04. The maximum atomic E-state index is 11.4. The lowest BCUT2D eigenvalue weighted by molar-refractivity contribution is -0.116. The van der Waals surface area contributed by atoms with Gasteiger partial charge in [-0.3, -0.25) is 4.79 Å². The van der Waals surface area contributed by atoms with Crippen LogP contribution in [0.5, 0.6) is 0 Å². The van der Waals surface area contributed by atoms with Crippen molar-refractivity contribution in [3.05, 3.63) is 29.3 Å². The summed E-state index contributed by atoms with van der Waals surface area (Å²) >= 11 is 0. The number of nitrogens with one attached hydrogen (secondary N) is 1. The van der Waals surface area contributed by atoms with Crippen LogP contribution in [0.2, 0.25) is 0 Å². The zero-order valence-corrected chi connectivity index (χ0v) is 10.2. The maximum absolute atomic E-state index is 11.4. The second-order valence-electron chi connectivity index (χ2n) is 4.38. The fourth-order valence-corrected chi connectivity index (χ4v) is 2.27. The first kappa shape index (κ1) is 12.1. The van der Waals surface area contributed by atoms with Gasteiger partial charge in [-0.1, -0.05) is 12.1 Å². The van der Waals surface area contributed by atoms with Gasteiger partial charge in [-0.2, -0.15) is 0 Å². The molecule has 2 rings (SSSR count). The average Bonchev–Trinajstić information content (AvgIpc) is 2.71. The summed E-state index contributed by atoms with van der Waals surface area (Å²) in [7, 11) is 1.81. The molecule has 92 valence electrons. The first-order valence-electron chi connectivity index (χ1n) is 5.87. The predicted molar refractivity (Wildman–Crippen MR) is 67.1 cm³/mol. The Morgan fingerprint density at radius 1 is 1.59 bits per heavy atom. The average molecular weight is 234 g/mol. The molecule has 1 unspecified atom stereocenters. The quantitative estimate of drug-likeness (QED) is 0.815. The fraction of sp³-hybridized carbons (Fsp3) is 0.462. The maximum Gasteiger partial charge on any atom is 0.223 e. The number of fused-ring (bicyclic) bond motifs is 1. The van der Waals surface area contributed by atoms with Gasteiger partial charge in [-0.15, -0.1) is 0 Å². The molecule has 0 aromatic heterocycles. The molecular formula is C13H18N2O2. The molecule has 1 aromatic rings. The van der Waals surface area contributed by atoms with Crippen LogP contribution in [0.1, 0.15) is 24.2 Å². The van der Waals surface area contributed by atoms with E-state index in [1.54, 1.807) is 11.8 Å². The summed E-state index contributed by atoms with van der Waals surface area (Å²) in [4.78, 5) is 13.2. The van der Waals surface area contributed by atoms with E-state index < -0.39 is 6.10 Å². The summed E-state index contributed by atoms with van der Waals surface area (Å²) in [5.74, 6) is 0.0762. The lowest BCUT2D eigenvalue weighted by atomic mass is 10.0. The van der Waals surface area contributed by atoms with Crippen molar-refractivity contribution in [2.45, 2.75) is 19.4 Å². The lowest BCUT2D eigenvalue weighted by Crippen LogP contribution is -2.25. The first-order chi connectivity index (χ1) is 8.13. The Labute approximate surface area is 101 Å². The third-order valence-electron chi connectivity index (χ3n) is 3.16. The van der Waals surface area contributed by atoms with Crippen LogP contribution in [0.15, 0.2) is 18.2 Å². The minimum Gasteiger partial charge on any atom is -0.387 e. The number of aliphatic hydroxyl groups excluding tert-OH is 1. The van der Waals surface area contributed by atoms with E-state index in [2.05, 4.69) is 5.32 Å². The molecule has 0 saturated heterocycles. The van der Waals surface area contributed by atoms with Crippen molar-refractivity contribution < 1.29 is 9.90 Å². The lowest BCUT2D eigenvalue weighted by Gasteiger charge is -2.16. The summed E-state index contributed by atoms with van der Waals surface area (Å²) in [6, 6.07) is 5.82. The number of anilines is 1. The van der Waals surface area contributed by atoms with E-state index in [4.69, 9.17) is 0 Å². The highest BCUT2D eigenvalue weighted by Crippen LogP contribution is 2.30. The van der Waals surface area contributed by atoms with Gasteiger partial charge < -0.3 is 15.3 Å². The number of hydrogen-bond acceptors (Lipinski definition) is 3. The first-order valence-corrected chi connectivity index (χ1v) is 5.87. The van der Waals surface area contributed by atoms with Crippen LogP contribution in [0.4, 0.5) is 5.69 Å². The van der Waals surface area contributed by atoms with E-state index in [1.165, 1.54) is 0 Å². The number of aliphatic hydroxyl groups is 1. The van der Waals surface area contributed by atoms with Crippen molar-refractivity contribution >= 4 is 11.6 Å². The number of carbonyl (C=O) groups is 1. The SMILES string of the molecule is CNCC(O)c1ccc2c(c1)CCN2C(C)=O. The molecule has 1 aliphatic rings. The number of hydrogen-bond donors (Lipinski definition) is 2. The van der Waals surface area contributed by atoms with Crippen LogP contribution in [-0.4, -0.2) is 31.2 Å². The molecule has 1 aliphatic heterocycles. The Hall–Kier alpha value is -1.39. The van der Waals surface area contributed by atoms with Crippen LogP contribution in [-0.2, 0) is 11.2 Å². The molecule has 4 nitrogen and oxygen atoms in total. The van der Waals surface area contributed by atoms with Crippen LogP contribution < -0.4 is 10.2 Å². The summed E-state index contributed by atoms with van der Waals surface area (Å²) in [6.45, 7) is 2.87. The molecule has 0 aliphatic carbocycles. The number of benzene rings is 1. The van der Waals surface area contributed by atoms with E-state index in [-0.39, 0.29) is 5.91 Å². The van der Waals surface area contributed by atoms with Crippen molar-refractivity contribution in [2.24, 2.45) is 0 Å². The van der Waals surface area contributed by atoms with Gasteiger partial charge in [0.2, 0.25) is 5.91 Å². The van der Waals surface area contributed by atoms with Gasteiger partial charge in [-0.05, 0) is 30.7 Å². The van der Waals surface area contributed by atoms with Crippen molar-refractivity contribution in [1.82, 2.24) is 5.32 Å². The van der Waals surface area contributed by atoms with Crippen LogP contribution >= 0.6 is 0 Å². The molecule has 0 fully saturated rings. The van der Waals surface area contributed by atoms with Gasteiger partial charge in [0, 0.05) is 25.7 Å². The molecule has 0 bridgehead atoms. The van der Waals surface area contributed by atoms with Gasteiger partial charge in [0.1, 0.15) is 0 Å². The summed E-state index contributed by atoms with van der Waals surface area (Å²) in [6.07, 6.45) is 0.381. The zero-order chi connectivity index (χ0) is 12.4. The Morgan fingerprint density at radius 2 is 2.35 bits per heavy atom. The molecule has 0 spiro atoms. The second-order valence-corrected chi connectivity index (χ2v) is 4.38. The van der Waals surface area contributed by atoms with E-state index in [0.29, 0.717) is 6.54 Å². The number of likely N-dealkylation sites (N-methyl/N-ethyl adjacent to an activating group) is 1. The Balaban J connectivity index is 2.25. The van der Waals surface area contributed by atoms with E-state index >= 15 is 0 Å². The molecule has 2 N–H and O–H groups in total. The standard InChI is InChI=1S/C13H18N2O2/c1-9(16)15-6-5-10-7-11(3-4-12(10)15)13(17)8-14-2/h3-4,7,13-14,17H,5-6,8H2,1-2H3. The number of rotatable bonds is 3.